The van der Waals surface area contributed by atoms with Crippen LogP contribution in [-0.2, 0) is 0 Å². The molecule has 104 valence electrons. The van der Waals surface area contributed by atoms with Crippen molar-refractivity contribution in [1.82, 2.24) is 0 Å². The van der Waals surface area contributed by atoms with Crippen molar-refractivity contribution in [3.63, 3.8) is 0 Å². The molecule has 2 aromatic rings. The van der Waals surface area contributed by atoms with E-state index in [-0.39, 0.29) is 5.78 Å². The summed E-state index contributed by atoms with van der Waals surface area (Å²) in [5, 5.41) is 0. The first-order valence-corrected chi connectivity index (χ1v) is 6.40. The van der Waals surface area contributed by atoms with Crippen LogP contribution in [0.4, 0.5) is 0 Å². The molecule has 0 fully saturated rings. The van der Waals surface area contributed by atoms with E-state index >= 15 is 0 Å². The van der Waals surface area contributed by atoms with Gasteiger partial charge in [-0.3, -0.25) is 4.79 Å². The number of ether oxygens (including phenoxy) is 2. The zero-order valence-electron chi connectivity index (χ0n) is 12.2. The number of hydrogen-bond acceptors (Lipinski definition) is 3. The van der Waals surface area contributed by atoms with Gasteiger partial charge in [0.25, 0.3) is 0 Å². The average Bonchev–Trinajstić information content (AvgIpc) is 2.47. The number of ketones is 1. The topological polar surface area (TPSA) is 35.5 Å². The monoisotopic (exact) mass is 270 g/mol. The van der Waals surface area contributed by atoms with Crippen molar-refractivity contribution in [2.24, 2.45) is 0 Å². The zero-order chi connectivity index (χ0) is 14.7. The number of carbonyl (C=O) groups excluding carboxylic acids is 1. The lowest BCUT2D eigenvalue weighted by Gasteiger charge is -2.13. The lowest BCUT2D eigenvalue weighted by atomic mass is 9.99. The van der Waals surface area contributed by atoms with Gasteiger partial charge in [-0.2, -0.15) is 0 Å². The van der Waals surface area contributed by atoms with Crippen LogP contribution >= 0.6 is 0 Å². The highest BCUT2D eigenvalue weighted by molar-refractivity contribution is 5.94. The van der Waals surface area contributed by atoms with Crippen LogP contribution in [0.5, 0.6) is 11.5 Å². The molecule has 0 spiro atoms. The number of rotatable bonds is 4. The van der Waals surface area contributed by atoms with E-state index in [1.807, 2.05) is 43.3 Å². The molecule has 0 aromatic heterocycles. The smallest absolute Gasteiger partial charge is 0.159 e. The van der Waals surface area contributed by atoms with E-state index in [9.17, 15) is 4.79 Å². The molecule has 0 saturated carbocycles. The van der Waals surface area contributed by atoms with Crippen molar-refractivity contribution in [3.8, 4) is 22.6 Å². The Hall–Kier alpha value is -2.29. The molecular weight excluding hydrogens is 252 g/mol. The molecule has 0 bridgehead atoms. The highest BCUT2D eigenvalue weighted by atomic mass is 16.5. The molecule has 0 aliphatic carbocycles. The van der Waals surface area contributed by atoms with Crippen LogP contribution in [0.15, 0.2) is 36.4 Å². The number of methoxy groups -OCH3 is 2. The Morgan fingerprint density at radius 1 is 0.950 bits per heavy atom. The van der Waals surface area contributed by atoms with Crippen LogP contribution in [-0.4, -0.2) is 20.0 Å². The summed E-state index contributed by atoms with van der Waals surface area (Å²) in [6.07, 6.45) is 0. The van der Waals surface area contributed by atoms with Gasteiger partial charge in [-0.15, -0.1) is 0 Å². The SMILES string of the molecule is COc1cc(OC)c(-c2ccc(C(C)=O)cc2)cc1C. The van der Waals surface area contributed by atoms with Crippen molar-refractivity contribution in [1.29, 1.82) is 0 Å². The second-order valence-corrected chi connectivity index (χ2v) is 4.66. The van der Waals surface area contributed by atoms with E-state index in [0.29, 0.717) is 5.56 Å². The normalized spacial score (nSPS) is 10.2. The van der Waals surface area contributed by atoms with Crippen molar-refractivity contribution in [3.05, 3.63) is 47.5 Å². The minimum absolute atomic E-state index is 0.0643. The predicted molar refractivity (Wildman–Crippen MR) is 79.7 cm³/mol. The summed E-state index contributed by atoms with van der Waals surface area (Å²) in [5.41, 5.74) is 3.75. The van der Waals surface area contributed by atoms with Gasteiger partial charge in [0.2, 0.25) is 0 Å². The van der Waals surface area contributed by atoms with E-state index in [1.165, 1.54) is 0 Å². The van der Waals surface area contributed by atoms with Crippen molar-refractivity contribution in [2.75, 3.05) is 14.2 Å². The minimum Gasteiger partial charge on any atom is -0.496 e. The Kier molecular flexibility index (Phi) is 4.08. The summed E-state index contributed by atoms with van der Waals surface area (Å²) in [5.74, 6) is 1.61. The van der Waals surface area contributed by atoms with Gasteiger partial charge in [-0.25, -0.2) is 0 Å². The Morgan fingerprint density at radius 2 is 1.55 bits per heavy atom. The second-order valence-electron chi connectivity index (χ2n) is 4.66. The van der Waals surface area contributed by atoms with Crippen LogP contribution in [0.3, 0.4) is 0 Å². The molecule has 0 N–H and O–H groups in total. The molecule has 0 aliphatic heterocycles. The van der Waals surface area contributed by atoms with E-state index in [4.69, 9.17) is 9.47 Å². The summed E-state index contributed by atoms with van der Waals surface area (Å²) in [6.45, 7) is 3.55. The van der Waals surface area contributed by atoms with Crippen LogP contribution < -0.4 is 9.47 Å². The van der Waals surface area contributed by atoms with Crippen molar-refractivity contribution >= 4 is 5.78 Å². The molecule has 3 nitrogen and oxygen atoms in total. The van der Waals surface area contributed by atoms with Crippen LogP contribution in [0, 0.1) is 6.92 Å². The summed E-state index contributed by atoms with van der Waals surface area (Å²) >= 11 is 0. The Bertz CT molecular complexity index is 627. The number of aryl methyl sites for hydroxylation is 1. The molecule has 0 unspecified atom stereocenters. The number of hydrogen-bond donors (Lipinski definition) is 0. The molecule has 2 rings (SSSR count). The maximum absolute atomic E-state index is 11.3. The van der Waals surface area contributed by atoms with Gasteiger partial charge in [0, 0.05) is 17.2 Å². The average molecular weight is 270 g/mol. The molecule has 0 saturated heterocycles. The van der Waals surface area contributed by atoms with Gasteiger partial charge in [-0.1, -0.05) is 24.3 Å². The summed E-state index contributed by atoms with van der Waals surface area (Å²) in [4.78, 5) is 11.3. The number of benzene rings is 2. The number of carbonyl (C=O) groups is 1. The third-order valence-electron chi connectivity index (χ3n) is 3.32. The van der Waals surface area contributed by atoms with Crippen LogP contribution in [0.25, 0.3) is 11.1 Å². The fourth-order valence-electron chi connectivity index (χ4n) is 2.17. The number of Topliss-reactive ketones (excluding diaryl/α,β-unsaturated/α-hetero) is 1. The van der Waals surface area contributed by atoms with Crippen molar-refractivity contribution in [2.45, 2.75) is 13.8 Å². The maximum Gasteiger partial charge on any atom is 0.159 e. The molecular formula is C17H18O3. The second kappa shape index (κ2) is 5.78. The largest absolute Gasteiger partial charge is 0.496 e. The Balaban J connectivity index is 2.51. The fraction of sp³-hybridized carbons (Fsp3) is 0.235. The first-order chi connectivity index (χ1) is 9.56. The van der Waals surface area contributed by atoms with Crippen LogP contribution in [0.1, 0.15) is 22.8 Å². The zero-order valence-corrected chi connectivity index (χ0v) is 12.2. The lowest BCUT2D eigenvalue weighted by Crippen LogP contribution is -1.94. The molecule has 0 radical (unpaired) electrons. The molecule has 0 aliphatic rings. The van der Waals surface area contributed by atoms with Gasteiger partial charge in [0.1, 0.15) is 11.5 Å². The third-order valence-corrected chi connectivity index (χ3v) is 3.32. The van der Waals surface area contributed by atoms with E-state index < -0.39 is 0 Å². The molecule has 3 heteroatoms. The van der Waals surface area contributed by atoms with Gasteiger partial charge in [0.15, 0.2) is 5.78 Å². The highest BCUT2D eigenvalue weighted by Gasteiger charge is 2.11. The highest BCUT2D eigenvalue weighted by Crippen LogP contribution is 2.35. The van der Waals surface area contributed by atoms with E-state index in [1.54, 1.807) is 21.1 Å². The van der Waals surface area contributed by atoms with Gasteiger partial charge in [0.05, 0.1) is 14.2 Å². The third kappa shape index (κ3) is 2.67. The molecule has 0 atom stereocenters. The maximum atomic E-state index is 11.3. The van der Waals surface area contributed by atoms with Gasteiger partial charge in [-0.05, 0) is 31.0 Å². The Labute approximate surface area is 119 Å². The Morgan fingerprint density at radius 3 is 2.05 bits per heavy atom. The summed E-state index contributed by atoms with van der Waals surface area (Å²) < 4.78 is 10.7. The molecule has 2 aromatic carbocycles. The van der Waals surface area contributed by atoms with Crippen LogP contribution in [0.2, 0.25) is 0 Å². The first kappa shape index (κ1) is 14.1. The van der Waals surface area contributed by atoms with Crippen molar-refractivity contribution < 1.29 is 14.3 Å². The first-order valence-electron chi connectivity index (χ1n) is 6.40. The molecule has 20 heavy (non-hydrogen) atoms. The fourth-order valence-corrected chi connectivity index (χ4v) is 2.17. The van der Waals surface area contributed by atoms with Gasteiger partial charge < -0.3 is 9.47 Å². The molecule has 0 heterocycles. The predicted octanol–water partition coefficient (Wildman–Crippen LogP) is 3.88. The minimum atomic E-state index is 0.0643. The summed E-state index contributed by atoms with van der Waals surface area (Å²) in [7, 11) is 3.28. The summed E-state index contributed by atoms with van der Waals surface area (Å²) in [6, 6.07) is 11.4. The van der Waals surface area contributed by atoms with E-state index in [2.05, 4.69) is 0 Å². The quantitative estimate of drug-likeness (QED) is 0.791. The molecule has 0 amide bonds. The van der Waals surface area contributed by atoms with Gasteiger partial charge >= 0.3 is 0 Å². The lowest BCUT2D eigenvalue weighted by molar-refractivity contribution is 0.101. The van der Waals surface area contributed by atoms with E-state index in [0.717, 1.165) is 28.2 Å². The standard InChI is InChI=1S/C17H18O3/c1-11-9-15(17(20-4)10-16(11)19-3)14-7-5-13(6-8-14)12(2)18/h5-10H,1-4H3.